The van der Waals surface area contributed by atoms with Crippen molar-refractivity contribution in [2.45, 2.75) is 13.3 Å². The second-order valence-corrected chi connectivity index (χ2v) is 6.58. The maximum atomic E-state index is 12.6. The minimum absolute atomic E-state index is 0.00505. The van der Waals surface area contributed by atoms with E-state index in [1.54, 1.807) is 23.1 Å². The summed E-state index contributed by atoms with van der Waals surface area (Å²) in [6.07, 6.45) is 4.28. The monoisotopic (exact) mass is 318 g/mol. The summed E-state index contributed by atoms with van der Waals surface area (Å²) in [4.78, 5) is 14.4. The normalized spacial score (nSPS) is 21.3. The molecule has 2 N–H and O–H groups in total. The molecule has 2 heterocycles. The molecule has 1 amide bonds. The second-order valence-electron chi connectivity index (χ2n) is 6.14. The molecule has 0 radical (unpaired) electrons. The first-order valence-corrected chi connectivity index (χ1v) is 7.68. The Bertz CT molecular complexity index is 699. The third-order valence-corrected chi connectivity index (χ3v) is 4.48. The van der Waals surface area contributed by atoms with E-state index < -0.39 is 0 Å². The number of carbonyl (C=O) groups excluding carboxylic acids is 1. The van der Waals surface area contributed by atoms with Gasteiger partial charge in [-0.1, -0.05) is 24.6 Å². The number of hydrogen-bond donors (Lipinski definition) is 1. The lowest BCUT2D eigenvalue weighted by molar-refractivity contribution is 0.0777. The third-order valence-electron chi connectivity index (χ3n) is 4.24. The van der Waals surface area contributed by atoms with Gasteiger partial charge in [-0.3, -0.25) is 4.79 Å². The largest absolute Gasteiger partial charge is 0.338 e. The van der Waals surface area contributed by atoms with Gasteiger partial charge in [-0.25, -0.2) is 4.68 Å². The van der Waals surface area contributed by atoms with Crippen molar-refractivity contribution in [1.82, 2.24) is 14.7 Å². The Balaban J connectivity index is 1.78. The van der Waals surface area contributed by atoms with E-state index >= 15 is 0 Å². The molecule has 6 heteroatoms. The van der Waals surface area contributed by atoms with E-state index in [-0.39, 0.29) is 11.3 Å². The average Bonchev–Trinajstić information content (AvgIpc) is 3.14. The van der Waals surface area contributed by atoms with E-state index in [1.165, 1.54) is 0 Å². The first kappa shape index (κ1) is 15.1. The molecule has 1 atom stereocenters. The SMILES string of the molecule is CC1(CN)CCN(C(=O)c2cnn(-c3cccc(Cl)c3)c2)C1. The van der Waals surface area contributed by atoms with Gasteiger partial charge < -0.3 is 10.6 Å². The zero-order valence-electron chi connectivity index (χ0n) is 12.5. The number of aromatic nitrogens is 2. The first-order valence-electron chi connectivity index (χ1n) is 7.31. The Morgan fingerprint density at radius 2 is 2.32 bits per heavy atom. The molecule has 2 aromatic rings. The Morgan fingerprint density at radius 1 is 1.50 bits per heavy atom. The van der Waals surface area contributed by atoms with Gasteiger partial charge in [-0.05, 0) is 36.6 Å². The molecule has 1 aliphatic heterocycles. The summed E-state index contributed by atoms with van der Waals surface area (Å²) in [6, 6.07) is 7.37. The van der Waals surface area contributed by atoms with Crippen LogP contribution >= 0.6 is 11.6 Å². The van der Waals surface area contributed by atoms with Crippen LogP contribution in [0, 0.1) is 5.41 Å². The molecule has 0 bridgehead atoms. The van der Waals surface area contributed by atoms with Gasteiger partial charge in [-0.2, -0.15) is 5.10 Å². The van der Waals surface area contributed by atoms with Gasteiger partial charge in [0.1, 0.15) is 0 Å². The molecule has 0 saturated carbocycles. The molecule has 1 fully saturated rings. The van der Waals surface area contributed by atoms with Crippen LogP contribution in [0.5, 0.6) is 0 Å². The predicted octanol–water partition coefficient (Wildman–Crippen LogP) is 2.34. The van der Waals surface area contributed by atoms with Crippen molar-refractivity contribution < 1.29 is 4.79 Å². The van der Waals surface area contributed by atoms with Crippen LogP contribution in [0.3, 0.4) is 0 Å². The maximum Gasteiger partial charge on any atom is 0.257 e. The fraction of sp³-hybridized carbons (Fsp3) is 0.375. The molecule has 0 aliphatic carbocycles. The number of nitrogens with two attached hydrogens (primary N) is 1. The molecule has 1 aliphatic rings. The Kier molecular flexibility index (Phi) is 3.93. The predicted molar refractivity (Wildman–Crippen MR) is 86.3 cm³/mol. The molecule has 1 saturated heterocycles. The van der Waals surface area contributed by atoms with Crippen molar-refractivity contribution in [3.8, 4) is 5.69 Å². The summed E-state index contributed by atoms with van der Waals surface area (Å²) in [5.74, 6) is 0.00505. The average molecular weight is 319 g/mol. The van der Waals surface area contributed by atoms with Gasteiger partial charge >= 0.3 is 0 Å². The van der Waals surface area contributed by atoms with Crippen molar-refractivity contribution >= 4 is 17.5 Å². The summed E-state index contributed by atoms with van der Waals surface area (Å²) in [5, 5.41) is 4.90. The van der Waals surface area contributed by atoms with Crippen LogP contribution in [-0.2, 0) is 0 Å². The zero-order chi connectivity index (χ0) is 15.7. The van der Waals surface area contributed by atoms with Gasteiger partial charge in [0.25, 0.3) is 5.91 Å². The van der Waals surface area contributed by atoms with Gasteiger partial charge in [0.2, 0.25) is 0 Å². The molecule has 5 nitrogen and oxygen atoms in total. The Hall–Kier alpha value is -1.85. The van der Waals surface area contributed by atoms with E-state index in [0.717, 1.165) is 18.7 Å². The lowest BCUT2D eigenvalue weighted by Crippen LogP contribution is -2.34. The highest BCUT2D eigenvalue weighted by Crippen LogP contribution is 2.29. The molecular formula is C16H19ClN4O. The van der Waals surface area contributed by atoms with E-state index in [1.807, 2.05) is 23.1 Å². The quantitative estimate of drug-likeness (QED) is 0.944. The van der Waals surface area contributed by atoms with E-state index in [0.29, 0.717) is 23.7 Å². The topological polar surface area (TPSA) is 64.2 Å². The second kappa shape index (κ2) is 5.74. The van der Waals surface area contributed by atoms with Crippen LogP contribution in [0.25, 0.3) is 5.69 Å². The summed E-state index contributed by atoms with van der Waals surface area (Å²) < 4.78 is 1.66. The molecular weight excluding hydrogens is 300 g/mol. The van der Waals surface area contributed by atoms with Crippen molar-refractivity contribution in [3.63, 3.8) is 0 Å². The molecule has 1 unspecified atom stereocenters. The van der Waals surface area contributed by atoms with E-state index in [9.17, 15) is 4.79 Å². The summed E-state index contributed by atoms with van der Waals surface area (Å²) in [6.45, 7) is 4.16. The first-order chi connectivity index (χ1) is 10.5. The summed E-state index contributed by atoms with van der Waals surface area (Å²) in [5.41, 5.74) is 7.24. The lowest BCUT2D eigenvalue weighted by atomic mass is 9.90. The van der Waals surface area contributed by atoms with E-state index in [2.05, 4.69) is 12.0 Å². The standard InChI is InChI=1S/C16H19ClN4O/c1-16(10-18)5-6-20(11-16)15(22)12-8-19-21(9-12)14-4-2-3-13(17)7-14/h2-4,7-9H,5-6,10-11,18H2,1H3. The molecule has 116 valence electrons. The minimum atomic E-state index is 0.00505. The summed E-state index contributed by atoms with van der Waals surface area (Å²) >= 11 is 5.99. The molecule has 1 aromatic heterocycles. The maximum absolute atomic E-state index is 12.6. The molecule has 0 spiro atoms. The number of rotatable bonds is 3. The van der Waals surface area contributed by atoms with Crippen molar-refractivity contribution in [2.24, 2.45) is 11.1 Å². The highest BCUT2D eigenvalue weighted by atomic mass is 35.5. The lowest BCUT2D eigenvalue weighted by Gasteiger charge is -2.22. The van der Waals surface area contributed by atoms with Gasteiger partial charge in [0, 0.05) is 24.3 Å². The number of hydrogen-bond acceptors (Lipinski definition) is 3. The van der Waals surface area contributed by atoms with Crippen molar-refractivity contribution in [1.29, 1.82) is 0 Å². The van der Waals surface area contributed by atoms with Crippen LogP contribution in [0.1, 0.15) is 23.7 Å². The van der Waals surface area contributed by atoms with Crippen LogP contribution in [-0.4, -0.2) is 40.2 Å². The van der Waals surface area contributed by atoms with Gasteiger partial charge in [-0.15, -0.1) is 0 Å². The fourth-order valence-electron chi connectivity index (χ4n) is 2.74. The molecule has 22 heavy (non-hydrogen) atoms. The van der Waals surface area contributed by atoms with Gasteiger partial charge in [0.15, 0.2) is 0 Å². The molecule has 3 rings (SSSR count). The zero-order valence-corrected chi connectivity index (χ0v) is 13.3. The number of likely N-dealkylation sites (tertiary alicyclic amines) is 1. The smallest absolute Gasteiger partial charge is 0.257 e. The highest BCUT2D eigenvalue weighted by molar-refractivity contribution is 6.30. The highest BCUT2D eigenvalue weighted by Gasteiger charge is 2.35. The number of nitrogens with zero attached hydrogens (tertiary/aromatic N) is 3. The van der Waals surface area contributed by atoms with E-state index in [4.69, 9.17) is 17.3 Å². The van der Waals surface area contributed by atoms with Gasteiger partial charge in [0.05, 0.1) is 17.4 Å². The van der Waals surface area contributed by atoms with Crippen LogP contribution in [0.2, 0.25) is 5.02 Å². The summed E-state index contributed by atoms with van der Waals surface area (Å²) in [7, 11) is 0. The minimum Gasteiger partial charge on any atom is -0.338 e. The van der Waals surface area contributed by atoms with Crippen LogP contribution in [0.4, 0.5) is 0 Å². The number of carbonyl (C=O) groups is 1. The fourth-order valence-corrected chi connectivity index (χ4v) is 2.92. The van der Waals surface area contributed by atoms with Crippen LogP contribution < -0.4 is 5.73 Å². The number of halogens is 1. The van der Waals surface area contributed by atoms with Crippen molar-refractivity contribution in [3.05, 3.63) is 47.2 Å². The van der Waals surface area contributed by atoms with Crippen molar-refractivity contribution in [2.75, 3.05) is 19.6 Å². The third kappa shape index (κ3) is 2.87. The Labute approximate surface area is 134 Å². The molecule has 1 aromatic carbocycles. The van der Waals surface area contributed by atoms with Crippen LogP contribution in [0.15, 0.2) is 36.7 Å². The number of amides is 1. The Morgan fingerprint density at radius 3 is 3.00 bits per heavy atom. The number of benzene rings is 1.